The van der Waals surface area contributed by atoms with Gasteiger partial charge in [-0.3, -0.25) is 14.5 Å². The number of aromatic nitrogens is 2. The van der Waals surface area contributed by atoms with Crippen LogP contribution in [0.2, 0.25) is 0 Å². The summed E-state index contributed by atoms with van der Waals surface area (Å²) in [6, 6.07) is 9.68. The van der Waals surface area contributed by atoms with Gasteiger partial charge in [-0.2, -0.15) is 5.01 Å². The number of thiocarbonyl (C=S) groups is 1. The van der Waals surface area contributed by atoms with Crippen LogP contribution in [-0.2, 0) is 4.79 Å². The van der Waals surface area contributed by atoms with Crippen molar-refractivity contribution >= 4 is 40.3 Å². The normalized spacial score (nSPS) is 16.9. The van der Waals surface area contributed by atoms with E-state index in [1.807, 2.05) is 55.8 Å². The molecule has 0 unspecified atom stereocenters. The van der Waals surface area contributed by atoms with Crippen molar-refractivity contribution in [2.24, 2.45) is 0 Å². The van der Waals surface area contributed by atoms with Crippen LogP contribution in [0.25, 0.3) is 6.08 Å². The van der Waals surface area contributed by atoms with E-state index in [2.05, 4.69) is 4.98 Å². The first-order chi connectivity index (χ1) is 10.5. The smallest absolute Gasteiger partial charge is 0.266 e. The Hall–Kier alpha value is -1.92. The van der Waals surface area contributed by atoms with Crippen molar-refractivity contribution in [3.63, 3.8) is 0 Å². The van der Waals surface area contributed by atoms with Crippen LogP contribution in [-0.4, -0.2) is 19.9 Å². The van der Waals surface area contributed by atoms with Gasteiger partial charge in [0.05, 0.1) is 10.6 Å². The molecule has 1 amide bonds. The summed E-state index contributed by atoms with van der Waals surface area (Å²) in [4.78, 5) is 17.7. The molecule has 0 aliphatic carbocycles. The van der Waals surface area contributed by atoms with Crippen LogP contribution >= 0.6 is 24.0 Å². The highest BCUT2D eigenvalue weighted by Crippen LogP contribution is 2.32. The van der Waals surface area contributed by atoms with Crippen molar-refractivity contribution in [3.8, 4) is 0 Å². The van der Waals surface area contributed by atoms with Gasteiger partial charge in [-0.25, -0.2) is 0 Å². The molecule has 2 aromatic rings. The summed E-state index contributed by atoms with van der Waals surface area (Å²) in [5.74, 6) is -0.110. The highest BCUT2D eigenvalue weighted by Gasteiger charge is 2.34. The Bertz CT molecular complexity index is 788. The number of pyridine rings is 1. The molecule has 0 N–H and O–H groups in total. The van der Waals surface area contributed by atoms with E-state index in [1.165, 1.54) is 11.8 Å². The molecule has 2 aromatic heterocycles. The maximum Gasteiger partial charge on any atom is 0.285 e. The average Bonchev–Trinajstić information content (AvgIpc) is 2.91. The fourth-order valence-corrected chi connectivity index (χ4v) is 3.61. The van der Waals surface area contributed by atoms with Crippen molar-refractivity contribution in [2.45, 2.75) is 20.8 Å². The summed E-state index contributed by atoms with van der Waals surface area (Å²) in [7, 11) is 0. The first kappa shape index (κ1) is 15.0. The van der Waals surface area contributed by atoms with E-state index in [4.69, 9.17) is 12.2 Å². The molecule has 6 heteroatoms. The maximum atomic E-state index is 12.7. The van der Waals surface area contributed by atoms with Gasteiger partial charge in [0.2, 0.25) is 0 Å². The molecule has 0 atom stereocenters. The minimum atomic E-state index is -0.110. The Morgan fingerprint density at radius 1 is 1.14 bits per heavy atom. The zero-order chi connectivity index (χ0) is 15.9. The Balaban J connectivity index is 1.99. The molecular weight excluding hydrogens is 314 g/mol. The lowest BCUT2D eigenvalue weighted by Gasteiger charge is -2.20. The van der Waals surface area contributed by atoms with Crippen molar-refractivity contribution < 1.29 is 4.79 Å². The predicted octanol–water partition coefficient (Wildman–Crippen LogP) is 3.35. The number of rotatable bonds is 2. The SMILES string of the molecule is Cc1cccc(/C=C2/SC(=S)N(n3c(C)ccc3C)C2=O)n1. The Kier molecular flexibility index (Phi) is 3.88. The van der Waals surface area contributed by atoms with E-state index in [0.717, 1.165) is 22.8 Å². The number of hydrogen-bond acceptors (Lipinski definition) is 4. The van der Waals surface area contributed by atoms with Crippen LogP contribution in [0, 0.1) is 20.8 Å². The van der Waals surface area contributed by atoms with Gasteiger partial charge in [-0.1, -0.05) is 17.8 Å². The maximum absolute atomic E-state index is 12.7. The van der Waals surface area contributed by atoms with Crippen LogP contribution in [0.15, 0.2) is 35.2 Å². The standard InChI is InChI=1S/C16H15N3OS2/c1-10-5-4-6-13(17-10)9-14-15(20)19(16(21)22-14)18-11(2)7-8-12(18)3/h4-9H,1-3H3/b14-9+. The minimum Gasteiger partial charge on any atom is -0.266 e. The average molecular weight is 329 g/mol. The monoisotopic (exact) mass is 329 g/mol. The van der Waals surface area contributed by atoms with Crippen molar-refractivity contribution in [3.05, 3.63) is 58.0 Å². The zero-order valence-corrected chi connectivity index (χ0v) is 14.2. The topological polar surface area (TPSA) is 38.1 Å². The van der Waals surface area contributed by atoms with E-state index in [-0.39, 0.29) is 5.91 Å². The number of aryl methyl sites for hydroxylation is 3. The van der Waals surface area contributed by atoms with E-state index in [0.29, 0.717) is 9.23 Å². The fourth-order valence-electron chi connectivity index (χ4n) is 2.39. The second-order valence-corrected chi connectivity index (χ2v) is 6.80. The van der Waals surface area contributed by atoms with Gasteiger partial charge >= 0.3 is 0 Å². The summed E-state index contributed by atoms with van der Waals surface area (Å²) in [6.07, 6.45) is 1.79. The lowest BCUT2D eigenvalue weighted by molar-refractivity contribution is -0.114. The molecule has 0 aromatic carbocycles. The molecule has 0 radical (unpaired) electrons. The van der Waals surface area contributed by atoms with Crippen molar-refractivity contribution in [1.29, 1.82) is 0 Å². The summed E-state index contributed by atoms with van der Waals surface area (Å²) >= 11 is 6.70. The molecule has 0 saturated carbocycles. The largest absolute Gasteiger partial charge is 0.285 e. The van der Waals surface area contributed by atoms with Gasteiger partial charge in [0.25, 0.3) is 5.91 Å². The third kappa shape index (κ3) is 2.60. The van der Waals surface area contributed by atoms with Gasteiger partial charge in [0.1, 0.15) is 0 Å². The first-order valence-corrected chi connectivity index (χ1v) is 8.06. The number of carbonyl (C=O) groups is 1. The number of amides is 1. The fraction of sp³-hybridized carbons (Fsp3) is 0.188. The molecule has 0 bridgehead atoms. The molecule has 4 nitrogen and oxygen atoms in total. The molecule has 22 heavy (non-hydrogen) atoms. The van der Waals surface area contributed by atoms with Crippen molar-refractivity contribution in [2.75, 3.05) is 5.01 Å². The molecular formula is C16H15N3OS2. The number of nitrogens with zero attached hydrogens (tertiary/aromatic N) is 3. The van der Waals surface area contributed by atoms with Crippen LogP contribution in [0.5, 0.6) is 0 Å². The van der Waals surface area contributed by atoms with Gasteiger partial charge < -0.3 is 0 Å². The molecule has 3 heterocycles. The molecule has 1 aliphatic rings. The highest BCUT2D eigenvalue weighted by atomic mass is 32.2. The highest BCUT2D eigenvalue weighted by molar-refractivity contribution is 8.27. The minimum absolute atomic E-state index is 0.110. The zero-order valence-electron chi connectivity index (χ0n) is 12.5. The molecule has 0 spiro atoms. The molecule has 3 rings (SSSR count). The second-order valence-electron chi connectivity index (χ2n) is 5.13. The molecule has 1 fully saturated rings. The first-order valence-electron chi connectivity index (χ1n) is 6.84. The van der Waals surface area contributed by atoms with Crippen LogP contribution < -0.4 is 5.01 Å². The van der Waals surface area contributed by atoms with Gasteiger partial charge in [0, 0.05) is 17.1 Å². The Morgan fingerprint density at radius 2 is 1.82 bits per heavy atom. The summed E-state index contributed by atoms with van der Waals surface area (Å²) in [5.41, 5.74) is 3.63. The third-order valence-electron chi connectivity index (χ3n) is 3.40. The molecule has 1 saturated heterocycles. The van der Waals surface area contributed by atoms with E-state index >= 15 is 0 Å². The van der Waals surface area contributed by atoms with Gasteiger partial charge in [0.15, 0.2) is 4.32 Å². The Labute approximate surface area is 138 Å². The van der Waals surface area contributed by atoms with Crippen LogP contribution in [0.4, 0.5) is 0 Å². The van der Waals surface area contributed by atoms with Gasteiger partial charge in [-0.05, 0) is 63.3 Å². The van der Waals surface area contributed by atoms with Crippen LogP contribution in [0.1, 0.15) is 22.8 Å². The second kappa shape index (κ2) is 5.70. The lowest BCUT2D eigenvalue weighted by Crippen LogP contribution is -2.39. The quantitative estimate of drug-likeness (QED) is 0.626. The van der Waals surface area contributed by atoms with E-state index < -0.39 is 0 Å². The molecule has 112 valence electrons. The number of thioether (sulfide) groups is 1. The predicted molar refractivity (Wildman–Crippen MR) is 94.3 cm³/mol. The third-order valence-corrected chi connectivity index (χ3v) is 4.68. The lowest BCUT2D eigenvalue weighted by atomic mass is 10.3. The van der Waals surface area contributed by atoms with Crippen molar-refractivity contribution in [1.82, 2.24) is 9.66 Å². The number of carbonyl (C=O) groups excluding carboxylic acids is 1. The van der Waals surface area contributed by atoms with Gasteiger partial charge in [-0.15, -0.1) is 0 Å². The summed E-state index contributed by atoms with van der Waals surface area (Å²) in [5, 5.41) is 1.55. The van der Waals surface area contributed by atoms with Crippen LogP contribution in [0.3, 0.4) is 0 Å². The Morgan fingerprint density at radius 3 is 2.45 bits per heavy atom. The summed E-state index contributed by atoms with van der Waals surface area (Å²) in [6.45, 7) is 5.84. The molecule has 1 aliphatic heterocycles. The number of hydrogen-bond donors (Lipinski definition) is 0. The van der Waals surface area contributed by atoms with E-state index in [1.54, 1.807) is 11.1 Å². The summed E-state index contributed by atoms with van der Waals surface area (Å²) < 4.78 is 2.38. The van der Waals surface area contributed by atoms with E-state index in [9.17, 15) is 4.79 Å².